The molecule has 0 radical (unpaired) electrons. The largest absolute Gasteiger partial charge is 0.480 e. The lowest BCUT2D eigenvalue weighted by Crippen LogP contribution is -2.42. The maximum Gasteiger partial charge on any atom is 0.326 e. The number of amides is 1. The van der Waals surface area contributed by atoms with Crippen LogP contribution in [0, 0.1) is 17.2 Å². The van der Waals surface area contributed by atoms with Gasteiger partial charge in [0.15, 0.2) is 0 Å². The number of rotatable bonds is 6. The summed E-state index contributed by atoms with van der Waals surface area (Å²) in [4.78, 5) is 23.3. The zero-order valence-electron chi connectivity index (χ0n) is 12.8. The summed E-state index contributed by atoms with van der Waals surface area (Å²) in [5, 5.41) is 22.5. The first kappa shape index (κ1) is 16.5. The van der Waals surface area contributed by atoms with Gasteiger partial charge in [0.25, 0.3) is 0 Å². The van der Waals surface area contributed by atoms with Crippen molar-refractivity contribution in [2.45, 2.75) is 25.8 Å². The molecule has 0 fully saturated rings. The van der Waals surface area contributed by atoms with Crippen molar-refractivity contribution in [2.75, 3.05) is 0 Å². The molecule has 1 amide bonds. The van der Waals surface area contributed by atoms with Crippen molar-refractivity contribution in [2.24, 2.45) is 5.92 Å². The molecule has 0 saturated heterocycles. The lowest BCUT2D eigenvalue weighted by atomic mass is 10.0. The number of carbonyl (C=O) groups excluding carboxylic acids is 1. The Morgan fingerprint density at radius 2 is 1.91 bits per heavy atom. The maximum atomic E-state index is 12.1. The van der Waals surface area contributed by atoms with Crippen LogP contribution >= 0.6 is 0 Å². The van der Waals surface area contributed by atoms with Gasteiger partial charge in [0, 0.05) is 5.92 Å². The van der Waals surface area contributed by atoms with Crippen molar-refractivity contribution in [1.82, 2.24) is 5.32 Å². The van der Waals surface area contributed by atoms with Gasteiger partial charge in [0.1, 0.15) is 6.04 Å². The quantitative estimate of drug-likeness (QED) is 0.857. The van der Waals surface area contributed by atoms with Crippen LogP contribution in [0.25, 0.3) is 10.8 Å². The second kappa shape index (κ2) is 7.41. The molecule has 0 spiro atoms. The molecule has 0 unspecified atom stereocenters. The highest BCUT2D eigenvalue weighted by atomic mass is 16.4. The SMILES string of the molecule is C[C@H](C#N)C[C@H](NC(=O)Cc1ccc2ccccc2c1)C(=O)O. The maximum absolute atomic E-state index is 12.1. The minimum Gasteiger partial charge on any atom is -0.480 e. The third-order valence-electron chi connectivity index (χ3n) is 3.62. The van der Waals surface area contributed by atoms with Crippen LogP contribution in [0.5, 0.6) is 0 Å². The van der Waals surface area contributed by atoms with E-state index < -0.39 is 17.9 Å². The monoisotopic (exact) mass is 310 g/mol. The molecular weight excluding hydrogens is 292 g/mol. The molecule has 2 rings (SSSR count). The number of aliphatic carboxylic acids is 1. The number of benzene rings is 2. The Kier molecular flexibility index (Phi) is 5.32. The summed E-state index contributed by atoms with van der Waals surface area (Å²) in [5.41, 5.74) is 0.818. The second-order valence-electron chi connectivity index (χ2n) is 5.58. The summed E-state index contributed by atoms with van der Waals surface area (Å²) in [6.45, 7) is 1.63. The van der Waals surface area contributed by atoms with Gasteiger partial charge in [-0.05, 0) is 29.7 Å². The predicted octanol–water partition coefficient (Wildman–Crippen LogP) is 2.50. The van der Waals surface area contributed by atoms with Crippen LogP contribution in [-0.4, -0.2) is 23.0 Å². The van der Waals surface area contributed by atoms with Gasteiger partial charge in [0.05, 0.1) is 12.5 Å². The molecular formula is C18H18N2O3. The molecule has 0 heterocycles. The number of carbonyl (C=O) groups is 2. The fourth-order valence-electron chi connectivity index (χ4n) is 2.41. The van der Waals surface area contributed by atoms with Crippen LogP contribution in [0.15, 0.2) is 42.5 Å². The Morgan fingerprint density at radius 3 is 2.57 bits per heavy atom. The van der Waals surface area contributed by atoms with E-state index in [1.54, 1.807) is 6.92 Å². The summed E-state index contributed by atoms with van der Waals surface area (Å²) < 4.78 is 0. The lowest BCUT2D eigenvalue weighted by Gasteiger charge is -2.15. The third kappa shape index (κ3) is 4.55. The third-order valence-corrected chi connectivity index (χ3v) is 3.62. The topological polar surface area (TPSA) is 90.2 Å². The fourth-order valence-corrected chi connectivity index (χ4v) is 2.41. The Hall–Kier alpha value is -2.87. The van der Waals surface area contributed by atoms with E-state index in [9.17, 15) is 9.59 Å². The summed E-state index contributed by atoms with van der Waals surface area (Å²) in [6.07, 6.45) is 0.199. The van der Waals surface area contributed by atoms with Gasteiger partial charge in [0.2, 0.25) is 5.91 Å². The van der Waals surface area contributed by atoms with E-state index in [2.05, 4.69) is 5.32 Å². The average Bonchev–Trinajstić information content (AvgIpc) is 2.53. The smallest absolute Gasteiger partial charge is 0.326 e. The summed E-state index contributed by atoms with van der Waals surface area (Å²) in [6, 6.07) is 14.5. The van der Waals surface area contributed by atoms with Crippen molar-refractivity contribution in [3.05, 3.63) is 48.0 Å². The van der Waals surface area contributed by atoms with Crippen LogP contribution in [0.3, 0.4) is 0 Å². The first-order valence-electron chi connectivity index (χ1n) is 7.39. The molecule has 5 nitrogen and oxygen atoms in total. The van der Waals surface area contributed by atoms with Crippen molar-refractivity contribution in [3.63, 3.8) is 0 Å². The number of nitriles is 1. The molecule has 0 aliphatic carbocycles. The highest BCUT2D eigenvalue weighted by Gasteiger charge is 2.22. The number of nitrogens with zero attached hydrogens (tertiary/aromatic N) is 1. The van der Waals surface area contributed by atoms with E-state index >= 15 is 0 Å². The van der Waals surface area contributed by atoms with Crippen LogP contribution in [0.1, 0.15) is 18.9 Å². The Morgan fingerprint density at radius 1 is 1.22 bits per heavy atom. The molecule has 0 aromatic heterocycles. The highest BCUT2D eigenvalue weighted by Crippen LogP contribution is 2.16. The van der Waals surface area contributed by atoms with Gasteiger partial charge in [-0.3, -0.25) is 4.79 Å². The van der Waals surface area contributed by atoms with E-state index in [0.717, 1.165) is 16.3 Å². The lowest BCUT2D eigenvalue weighted by molar-refractivity contribution is -0.142. The number of fused-ring (bicyclic) bond motifs is 1. The molecule has 2 atom stereocenters. The van der Waals surface area contributed by atoms with Gasteiger partial charge in [-0.1, -0.05) is 42.5 Å². The number of nitrogens with one attached hydrogen (secondary N) is 1. The molecule has 0 aliphatic rings. The predicted molar refractivity (Wildman–Crippen MR) is 86.6 cm³/mol. The van der Waals surface area contributed by atoms with Crippen molar-refractivity contribution in [3.8, 4) is 6.07 Å². The highest BCUT2D eigenvalue weighted by molar-refractivity contribution is 5.87. The number of hydrogen-bond acceptors (Lipinski definition) is 3. The second-order valence-corrected chi connectivity index (χ2v) is 5.58. The Bertz CT molecular complexity index is 764. The number of carboxylic acids is 1. The first-order valence-corrected chi connectivity index (χ1v) is 7.39. The zero-order chi connectivity index (χ0) is 16.8. The van der Waals surface area contributed by atoms with E-state index in [-0.39, 0.29) is 18.7 Å². The van der Waals surface area contributed by atoms with Gasteiger partial charge in [-0.2, -0.15) is 5.26 Å². The van der Waals surface area contributed by atoms with Crippen molar-refractivity contribution in [1.29, 1.82) is 5.26 Å². The van der Waals surface area contributed by atoms with E-state index in [1.165, 1.54) is 0 Å². The zero-order valence-corrected chi connectivity index (χ0v) is 12.8. The summed E-state index contributed by atoms with van der Waals surface area (Å²) in [7, 11) is 0. The number of carboxylic acid groups (broad SMARTS) is 1. The van der Waals surface area contributed by atoms with Crippen molar-refractivity contribution < 1.29 is 14.7 Å². The minimum atomic E-state index is -1.13. The Balaban J connectivity index is 2.04. The van der Waals surface area contributed by atoms with Crippen molar-refractivity contribution >= 4 is 22.6 Å². The molecule has 0 aliphatic heterocycles. The van der Waals surface area contributed by atoms with Gasteiger partial charge >= 0.3 is 5.97 Å². The van der Waals surface area contributed by atoms with Crippen LogP contribution in [0.2, 0.25) is 0 Å². The molecule has 118 valence electrons. The van der Waals surface area contributed by atoms with Gasteiger partial charge < -0.3 is 10.4 Å². The van der Waals surface area contributed by atoms with E-state index in [1.807, 2.05) is 48.5 Å². The van der Waals surface area contributed by atoms with Gasteiger partial charge in [-0.15, -0.1) is 0 Å². The average molecular weight is 310 g/mol. The first-order chi connectivity index (χ1) is 11.0. The Labute approximate surface area is 134 Å². The molecule has 2 N–H and O–H groups in total. The molecule has 0 saturated carbocycles. The van der Waals surface area contributed by atoms with E-state index in [0.29, 0.717) is 0 Å². The normalized spacial score (nSPS) is 13.0. The molecule has 23 heavy (non-hydrogen) atoms. The van der Waals surface area contributed by atoms with Crippen LogP contribution in [-0.2, 0) is 16.0 Å². The molecule has 5 heteroatoms. The van der Waals surface area contributed by atoms with Gasteiger partial charge in [-0.25, -0.2) is 4.79 Å². The van der Waals surface area contributed by atoms with E-state index in [4.69, 9.17) is 10.4 Å². The van der Waals surface area contributed by atoms with Crippen LogP contribution in [0.4, 0.5) is 0 Å². The molecule has 2 aromatic carbocycles. The number of hydrogen-bond donors (Lipinski definition) is 2. The summed E-state index contributed by atoms with van der Waals surface area (Å²) in [5.74, 6) is -1.92. The minimum absolute atomic E-state index is 0.0926. The molecule has 0 bridgehead atoms. The standard InChI is InChI=1S/C18H18N2O3/c1-12(11-19)8-16(18(22)23)20-17(21)10-13-6-7-14-4-2-3-5-15(14)9-13/h2-7,9,12,16H,8,10H2,1H3,(H,20,21)(H,22,23)/t12-,16-/m0/s1. The fraction of sp³-hybridized carbons (Fsp3) is 0.278. The molecule has 2 aromatic rings. The summed E-state index contributed by atoms with van der Waals surface area (Å²) >= 11 is 0. The van der Waals surface area contributed by atoms with Crippen LogP contribution < -0.4 is 5.32 Å².